The molecule has 7 heteroatoms. The highest BCUT2D eigenvalue weighted by molar-refractivity contribution is 7.89. The standard InChI is InChI=1S/C16H23N3O3S/c1-12-11-15(12)16(20)17-13-3-5-14(6-4-13)23(21,22)19-9-7-18(2)8-10-19/h3-6,12,15H,7-11H2,1-2H3,(H,17,20). The number of sulfonamides is 1. The Morgan fingerprint density at radius 3 is 2.22 bits per heavy atom. The van der Waals surface area contributed by atoms with Gasteiger partial charge in [-0.15, -0.1) is 0 Å². The normalized spacial score (nSPS) is 26.0. The molecule has 1 aromatic rings. The fourth-order valence-electron chi connectivity index (χ4n) is 2.81. The number of carbonyl (C=O) groups is 1. The summed E-state index contributed by atoms with van der Waals surface area (Å²) in [5.41, 5.74) is 0.645. The molecule has 1 saturated carbocycles. The summed E-state index contributed by atoms with van der Waals surface area (Å²) in [7, 11) is -1.46. The second kappa shape index (κ2) is 6.22. The molecule has 2 atom stereocenters. The van der Waals surface area contributed by atoms with E-state index in [4.69, 9.17) is 0 Å². The molecule has 1 aliphatic heterocycles. The van der Waals surface area contributed by atoms with Crippen molar-refractivity contribution in [2.45, 2.75) is 18.2 Å². The van der Waals surface area contributed by atoms with E-state index in [2.05, 4.69) is 17.1 Å². The Bertz CT molecular complexity index is 679. The van der Waals surface area contributed by atoms with Crippen LogP contribution >= 0.6 is 0 Å². The minimum atomic E-state index is -3.45. The lowest BCUT2D eigenvalue weighted by Crippen LogP contribution is -2.46. The number of likely N-dealkylation sites (N-methyl/N-ethyl adjacent to an activating group) is 1. The van der Waals surface area contributed by atoms with Gasteiger partial charge in [-0.25, -0.2) is 8.42 Å². The van der Waals surface area contributed by atoms with Crippen LogP contribution in [0.25, 0.3) is 0 Å². The molecule has 6 nitrogen and oxygen atoms in total. The minimum Gasteiger partial charge on any atom is -0.326 e. The third-order valence-corrected chi connectivity index (χ3v) is 6.58. The quantitative estimate of drug-likeness (QED) is 0.897. The van der Waals surface area contributed by atoms with Crippen LogP contribution in [0.1, 0.15) is 13.3 Å². The average Bonchev–Trinajstić information content (AvgIpc) is 3.25. The predicted molar refractivity (Wildman–Crippen MR) is 88.6 cm³/mol. The third-order valence-electron chi connectivity index (χ3n) is 4.67. The Morgan fingerprint density at radius 1 is 1.13 bits per heavy atom. The number of nitrogens with one attached hydrogen (secondary N) is 1. The molecule has 1 saturated heterocycles. The molecule has 23 heavy (non-hydrogen) atoms. The van der Waals surface area contributed by atoms with Crippen LogP contribution in [0.2, 0.25) is 0 Å². The Hall–Kier alpha value is -1.44. The number of amides is 1. The Labute approximate surface area is 137 Å². The van der Waals surface area contributed by atoms with Crippen molar-refractivity contribution in [3.8, 4) is 0 Å². The first-order valence-corrected chi connectivity index (χ1v) is 9.41. The van der Waals surface area contributed by atoms with Crippen molar-refractivity contribution >= 4 is 21.6 Å². The summed E-state index contributed by atoms with van der Waals surface area (Å²) >= 11 is 0. The summed E-state index contributed by atoms with van der Waals surface area (Å²) in [6, 6.07) is 6.46. The fraction of sp³-hybridized carbons (Fsp3) is 0.562. The number of benzene rings is 1. The van der Waals surface area contributed by atoms with Gasteiger partial charge in [0.25, 0.3) is 0 Å². The molecular weight excluding hydrogens is 314 g/mol. The van der Waals surface area contributed by atoms with E-state index in [1.807, 2.05) is 7.05 Å². The molecule has 2 aliphatic rings. The van der Waals surface area contributed by atoms with Gasteiger partial charge in [0.15, 0.2) is 0 Å². The molecule has 1 heterocycles. The van der Waals surface area contributed by atoms with Gasteiger partial charge in [-0.3, -0.25) is 4.79 Å². The van der Waals surface area contributed by atoms with Crippen LogP contribution in [0, 0.1) is 11.8 Å². The van der Waals surface area contributed by atoms with Gasteiger partial charge in [0.2, 0.25) is 15.9 Å². The van der Waals surface area contributed by atoms with Gasteiger partial charge < -0.3 is 10.2 Å². The lowest BCUT2D eigenvalue weighted by atomic mass is 10.3. The average molecular weight is 337 g/mol. The lowest BCUT2D eigenvalue weighted by molar-refractivity contribution is -0.117. The second-order valence-electron chi connectivity index (χ2n) is 6.54. The summed E-state index contributed by atoms with van der Waals surface area (Å²) in [5, 5.41) is 2.84. The second-order valence-corrected chi connectivity index (χ2v) is 8.48. The van der Waals surface area contributed by atoms with Crippen molar-refractivity contribution < 1.29 is 13.2 Å². The van der Waals surface area contributed by atoms with Crippen molar-refractivity contribution in [3.63, 3.8) is 0 Å². The van der Waals surface area contributed by atoms with Crippen LogP contribution in [-0.4, -0.2) is 56.8 Å². The summed E-state index contributed by atoms with van der Waals surface area (Å²) in [6.07, 6.45) is 0.932. The molecule has 2 unspecified atom stereocenters. The van der Waals surface area contributed by atoms with E-state index >= 15 is 0 Å². The smallest absolute Gasteiger partial charge is 0.243 e. The number of hydrogen-bond acceptors (Lipinski definition) is 4. The van der Waals surface area contributed by atoms with Gasteiger partial charge in [-0.2, -0.15) is 4.31 Å². The van der Waals surface area contributed by atoms with Crippen LogP contribution in [0.5, 0.6) is 0 Å². The van der Waals surface area contributed by atoms with Crippen molar-refractivity contribution in [2.24, 2.45) is 11.8 Å². The number of piperazine rings is 1. The number of hydrogen-bond donors (Lipinski definition) is 1. The highest BCUT2D eigenvalue weighted by atomic mass is 32.2. The monoisotopic (exact) mass is 337 g/mol. The maximum Gasteiger partial charge on any atom is 0.243 e. The summed E-state index contributed by atoms with van der Waals surface area (Å²) in [5.74, 6) is 0.572. The zero-order valence-electron chi connectivity index (χ0n) is 13.5. The molecule has 126 valence electrons. The topological polar surface area (TPSA) is 69.7 Å². The zero-order chi connectivity index (χ0) is 16.6. The molecule has 2 fully saturated rings. The van der Waals surface area contributed by atoms with E-state index < -0.39 is 10.0 Å². The third kappa shape index (κ3) is 3.57. The summed E-state index contributed by atoms with van der Waals surface area (Å²) in [4.78, 5) is 14.3. The van der Waals surface area contributed by atoms with Crippen LogP contribution in [0.4, 0.5) is 5.69 Å². The van der Waals surface area contributed by atoms with Crippen molar-refractivity contribution in [3.05, 3.63) is 24.3 Å². The molecule has 0 bridgehead atoms. The Morgan fingerprint density at radius 2 is 1.70 bits per heavy atom. The summed E-state index contributed by atoms with van der Waals surface area (Å²) in [6.45, 7) is 4.56. The molecular formula is C16H23N3O3S. The van der Waals surface area contributed by atoms with E-state index in [1.165, 1.54) is 4.31 Å². The van der Waals surface area contributed by atoms with Gasteiger partial charge in [0.05, 0.1) is 4.90 Å². The molecule has 3 rings (SSSR count). The molecule has 1 aliphatic carbocycles. The Balaban J connectivity index is 1.67. The highest BCUT2D eigenvalue weighted by Gasteiger charge is 2.39. The van der Waals surface area contributed by atoms with E-state index in [0.717, 1.165) is 19.5 Å². The molecule has 0 radical (unpaired) electrons. The zero-order valence-corrected chi connectivity index (χ0v) is 14.3. The van der Waals surface area contributed by atoms with E-state index in [-0.39, 0.29) is 16.7 Å². The van der Waals surface area contributed by atoms with Gasteiger partial charge in [0, 0.05) is 37.8 Å². The predicted octanol–water partition coefficient (Wildman–Crippen LogP) is 1.22. The number of rotatable bonds is 4. The van der Waals surface area contributed by atoms with E-state index in [1.54, 1.807) is 24.3 Å². The highest BCUT2D eigenvalue weighted by Crippen LogP contribution is 2.38. The number of anilines is 1. The maximum atomic E-state index is 12.6. The molecule has 1 amide bonds. The first-order chi connectivity index (χ1) is 10.9. The largest absolute Gasteiger partial charge is 0.326 e. The van der Waals surface area contributed by atoms with Gasteiger partial charge in [-0.1, -0.05) is 6.92 Å². The van der Waals surface area contributed by atoms with Crippen LogP contribution < -0.4 is 5.32 Å². The fourth-order valence-corrected chi connectivity index (χ4v) is 4.23. The SMILES string of the molecule is CC1CC1C(=O)Nc1ccc(S(=O)(=O)N2CCN(C)CC2)cc1. The van der Waals surface area contributed by atoms with E-state index in [0.29, 0.717) is 24.7 Å². The number of carbonyl (C=O) groups excluding carboxylic acids is 1. The van der Waals surface area contributed by atoms with Crippen LogP contribution in [0.15, 0.2) is 29.2 Å². The van der Waals surface area contributed by atoms with E-state index in [9.17, 15) is 13.2 Å². The first-order valence-electron chi connectivity index (χ1n) is 7.97. The molecule has 0 aromatic heterocycles. The summed E-state index contributed by atoms with van der Waals surface area (Å²) < 4.78 is 26.7. The van der Waals surface area contributed by atoms with Crippen molar-refractivity contribution in [1.82, 2.24) is 9.21 Å². The van der Waals surface area contributed by atoms with Gasteiger partial charge in [0.1, 0.15) is 0 Å². The van der Waals surface area contributed by atoms with Crippen molar-refractivity contribution in [2.75, 3.05) is 38.5 Å². The van der Waals surface area contributed by atoms with Crippen LogP contribution in [-0.2, 0) is 14.8 Å². The van der Waals surface area contributed by atoms with Crippen molar-refractivity contribution in [1.29, 1.82) is 0 Å². The molecule has 1 N–H and O–H groups in total. The lowest BCUT2D eigenvalue weighted by Gasteiger charge is -2.31. The van der Waals surface area contributed by atoms with Gasteiger partial charge >= 0.3 is 0 Å². The Kier molecular flexibility index (Phi) is 4.44. The molecule has 0 spiro atoms. The minimum absolute atomic E-state index is 0.0205. The van der Waals surface area contributed by atoms with Crippen LogP contribution in [0.3, 0.4) is 0 Å². The maximum absolute atomic E-state index is 12.6. The van der Waals surface area contributed by atoms with Gasteiger partial charge in [-0.05, 0) is 43.7 Å². The molecule has 1 aromatic carbocycles. The number of nitrogens with zero attached hydrogens (tertiary/aromatic N) is 2. The first kappa shape index (κ1) is 16.4.